The minimum atomic E-state index is -0.201. The van der Waals surface area contributed by atoms with Crippen LogP contribution in [0.25, 0.3) is 11.0 Å². The van der Waals surface area contributed by atoms with Crippen molar-refractivity contribution in [3.63, 3.8) is 0 Å². The quantitative estimate of drug-likeness (QED) is 0.465. The molecule has 0 saturated heterocycles. The van der Waals surface area contributed by atoms with Crippen molar-refractivity contribution in [3.8, 4) is 0 Å². The van der Waals surface area contributed by atoms with E-state index >= 15 is 0 Å². The number of aromatic nitrogens is 2. The van der Waals surface area contributed by atoms with E-state index in [1.165, 1.54) is 0 Å². The van der Waals surface area contributed by atoms with Gasteiger partial charge in [-0.05, 0) is 29.8 Å². The van der Waals surface area contributed by atoms with Crippen molar-refractivity contribution in [2.75, 3.05) is 10.6 Å². The molecule has 0 bridgehead atoms. The maximum absolute atomic E-state index is 12.4. The second-order valence-corrected chi connectivity index (χ2v) is 8.60. The molecule has 0 radical (unpaired) electrons. The van der Waals surface area contributed by atoms with Gasteiger partial charge in [0.05, 0.1) is 12.8 Å². The number of hydrogen-bond donors (Lipinski definition) is 2. The molecular weight excluding hydrogens is 408 g/mol. The van der Waals surface area contributed by atoms with Crippen LogP contribution in [0.1, 0.15) is 37.8 Å². The van der Waals surface area contributed by atoms with Gasteiger partial charge >= 0.3 is 0 Å². The summed E-state index contributed by atoms with van der Waals surface area (Å²) in [6.07, 6.45) is 0.284. The summed E-state index contributed by atoms with van der Waals surface area (Å²) in [6.45, 7) is 6.02. The topological polar surface area (TPSA) is 110 Å². The van der Waals surface area contributed by atoms with E-state index in [1.54, 1.807) is 30.3 Å². The monoisotopic (exact) mass is 432 g/mol. The van der Waals surface area contributed by atoms with Crippen molar-refractivity contribution in [2.45, 2.75) is 39.0 Å². The predicted octanol–water partition coefficient (Wildman–Crippen LogP) is 4.48. The minimum absolute atomic E-state index is 0.107. The molecule has 0 spiro atoms. The molecule has 0 aliphatic heterocycles. The van der Waals surface area contributed by atoms with Crippen LogP contribution < -0.4 is 10.6 Å². The third-order valence-electron chi connectivity index (χ3n) is 4.90. The number of nitrogens with one attached hydrogen (secondary N) is 2. The van der Waals surface area contributed by atoms with Gasteiger partial charge in [-0.15, -0.1) is 0 Å². The van der Waals surface area contributed by atoms with Gasteiger partial charge in [0.1, 0.15) is 11.5 Å². The maximum Gasteiger partial charge on any atom is 0.230 e. The molecule has 4 aromatic rings. The van der Waals surface area contributed by atoms with Gasteiger partial charge in [0, 0.05) is 22.6 Å². The molecule has 0 unspecified atom stereocenters. The summed E-state index contributed by atoms with van der Waals surface area (Å²) < 4.78 is 10.5. The number of carbonyl (C=O) groups excluding carboxylic acids is 2. The van der Waals surface area contributed by atoms with Crippen LogP contribution in [0, 0.1) is 0 Å². The highest BCUT2D eigenvalue weighted by molar-refractivity contribution is 5.95. The number of amides is 2. The Labute approximate surface area is 185 Å². The van der Waals surface area contributed by atoms with Crippen LogP contribution in [-0.2, 0) is 27.8 Å². The normalized spacial score (nSPS) is 11.5. The van der Waals surface area contributed by atoms with Crippen molar-refractivity contribution in [2.24, 2.45) is 0 Å². The molecule has 2 N–H and O–H groups in total. The Hall–Kier alpha value is -3.94. The standard InChI is InChI=1S/C24H24N4O4/c1-24(2,3)20-14-21(28-32-20)26-22(29)12-15-8-10-16(11-9-15)25-23(30)13-18-17-6-4-5-7-19(17)31-27-18/h4-11,14H,12-13H2,1-3H3,(H,25,30)(H,26,28,29). The van der Waals surface area contributed by atoms with E-state index in [4.69, 9.17) is 9.05 Å². The number of benzene rings is 2. The van der Waals surface area contributed by atoms with Crippen LogP contribution in [0.3, 0.4) is 0 Å². The number of rotatable bonds is 6. The van der Waals surface area contributed by atoms with Gasteiger partial charge in [0.15, 0.2) is 11.4 Å². The molecule has 0 saturated carbocycles. The Bertz CT molecular complexity index is 1250. The Morgan fingerprint density at radius 1 is 0.875 bits per heavy atom. The number of hydrogen-bond acceptors (Lipinski definition) is 6. The molecule has 164 valence electrons. The van der Waals surface area contributed by atoms with E-state index in [0.717, 1.165) is 10.9 Å². The Morgan fingerprint density at radius 3 is 2.31 bits per heavy atom. The molecule has 8 heteroatoms. The van der Waals surface area contributed by atoms with Gasteiger partial charge in [0.2, 0.25) is 11.8 Å². The van der Waals surface area contributed by atoms with Crippen molar-refractivity contribution in [1.82, 2.24) is 10.3 Å². The van der Waals surface area contributed by atoms with Crippen molar-refractivity contribution >= 4 is 34.3 Å². The van der Waals surface area contributed by atoms with Crippen LogP contribution in [0.2, 0.25) is 0 Å². The highest BCUT2D eigenvalue weighted by Gasteiger charge is 2.20. The zero-order valence-corrected chi connectivity index (χ0v) is 18.1. The second kappa shape index (κ2) is 8.66. The van der Waals surface area contributed by atoms with Gasteiger partial charge in [-0.25, -0.2) is 0 Å². The van der Waals surface area contributed by atoms with Crippen LogP contribution in [0.5, 0.6) is 0 Å². The van der Waals surface area contributed by atoms with Crippen LogP contribution in [-0.4, -0.2) is 22.1 Å². The molecule has 2 heterocycles. The lowest BCUT2D eigenvalue weighted by atomic mass is 9.93. The summed E-state index contributed by atoms with van der Waals surface area (Å²) in [6, 6.07) is 16.3. The average molecular weight is 432 g/mol. The highest BCUT2D eigenvalue weighted by Crippen LogP contribution is 2.24. The molecule has 2 aromatic heterocycles. The van der Waals surface area contributed by atoms with E-state index < -0.39 is 0 Å². The minimum Gasteiger partial charge on any atom is -0.359 e. The Morgan fingerprint density at radius 2 is 1.59 bits per heavy atom. The number of carbonyl (C=O) groups is 2. The molecule has 2 amide bonds. The average Bonchev–Trinajstić information content (AvgIpc) is 3.37. The lowest BCUT2D eigenvalue weighted by molar-refractivity contribution is -0.116. The fraction of sp³-hybridized carbons (Fsp3) is 0.250. The van der Waals surface area contributed by atoms with E-state index in [-0.39, 0.29) is 30.1 Å². The van der Waals surface area contributed by atoms with E-state index in [9.17, 15) is 9.59 Å². The zero-order valence-electron chi connectivity index (χ0n) is 18.1. The highest BCUT2D eigenvalue weighted by atomic mass is 16.5. The summed E-state index contributed by atoms with van der Waals surface area (Å²) in [5.41, 5.74) is 2.50. The molecule has 0 atom stereocenters. The molecule has 0 aliphatic rings. The molecule has 32 heavy (non-hydrogen) atoms. The Kier molecular flexibility index (Phi) is 5.77. The molecule has 2 aromatic carbocycles. The zero-order chi connectivity index (χ0) is 22.7. The van der Waals surface area contributed by atoms with Gasteiger partial charge < -0.3 is 19.7 Å². The van der Waals surface area contributed by atoms with Gasteiger partial charge in [-0.1, -0.05) is 55.4 Å². The largest absolute Gasteiger partial charge is 0.359 e. The first-order valence-corrected chi connectivity index (χ1v) is 10.3. The maximum atomic E-state index is 12.4. The predicted molar refractivity (Wildman–Crippen MR) is 120 cm³/mol. The molecule has 8 nitrogen and oxygen atoms in total. The van der Waals surface area contributed by atoms with Crippen molar-refractivity contribution < 1.29 is 18.6 Å². The lowest BCUT2D eigenvalue weighted by Gasteiger charge is -2.12. The number of para-hydroxylation sites is 1. The lowest BCUT2D eigenvalue weighted by Crippen LogP contribution is -2.16. The van der Waals surface area contributed by atoms with E-state index in [1.807, 2.05) is 45.0 Å². The van der Waals surface area contributed by atoms with Gasteiger partial charge in [-0.2, -0.15) is 0 Å². The first-order valence-electron chi connectivity index (χ1n) is 10.3. The summed E-state index contributed by atoms with van der Waals surface area (Å²) in [5, 5.41) is 14.3. The van der Waals surface area contributed by atoms with Crippen LogP contribution in [0.15, 0.2) is 63.6 Å². The Balaban J connectivity index is 1.31. The fourth-order valence-corrected chi connectivity index (χ4v) is 3.19. The summed E-state index contributed by atoms with van der Waals surface area (Å²) in [5.74, 6) is 0.694. The first-order chi connectivity index (χ1) is 15.3. The third-order valence-corrected chi connectivity index (χ3v) is 4.90. The molecule has 0 fully saturated rings. The van der Waals surface area contributed by atoms with E-state index in [2.05, 4.69) is 20.9 Å². The summed E-state index contributed by atoms with van der Waals surface area (Å²) >= 11 is 0. The van der Waals surface area contributed by atoms with Crippen LogP contribution in [0.4, 0.5) is 11.5 Å². The smallest absolute Gasteiger partial charge is 0.230 e. The number of anilines is 2. The number of nitrogens with zero attached hydrogens (tertiary/aromatic N) is 2. The number of fused-ring (bicyclic) bond motifs is 1. The molecular formula is C24H24N4O4. The third kappa shape index (κ3) is 5.03. The van der Waals surface area contributed by atoms with Crippen molar-refractivity contribution in [3.05, 3.63) is 71.6 Å². The van der Waals surface area contributed by atoms with E-state index in [0.29, 0.717) is 28.5 Å². The summed E-state index contributed by atoms with van der Waals surface area (Å²) in [7, 11) is 0. The van der Waals surface area contributed by atoms with Crippen molar-refractivity contribution in [1.29, 1.82) is 0 Å². The summed E-state index contributed by atoms with van der Waals surface area (Å²) in [4.78, 5) is 24.7. The molecule has 4 rings (SSSR count). The van der Waals surface area contributed by atoms with Gasteiger partial charge in [-0.3, -0.25) is 9.59 Å². The van der Waals surface area contributed by atoms with Crippen LogP contribution >= 0.6 is 0 Å². The molecule has 0 aliphatic carbocycles. The fourth-order valence-electron chi connectivity index (χ4n) is 3.19. The SMILES string of the molecule is CC(C)(C)c1cc(NC(=O)Cc2ccc(NC(=O)Cc3noc4ccccc34)cc2)no1. The first kappa shape index (κ1) is 21.3. The second-order valence-electron chi connectivity index (χ2n) is 8.60. The van der Waals surface area contributed by atoms with Gasteiger partial charge in [0.25, 0.3) is 0 Å².